The van der Waals surface area contributed by atoms with E-state index in [1.165, 1.54) is 0 Å². The molecule has 0 N–H and O–H groups in total. The lowest BCUT2D eigenvalue weighted by atomic mass is 10.2. The quantitative estimate of drug-likeness (QED) is 0.299. The minimum absolute atomic E-state index is 0.205. The van der Waals surface area contributed by atoms with Crippen molar-refractivity contribution < 1.29 is 14.3 Å². The number of carbonyl (C=O) groups excluding carboxylic acids is 1. The van der Waals surface area contributed by atoms with Crippen molar-refractivity contribution in [3.63, 3.8) is 0 Å². The van der Waals surface area contributed by atoms with Gasteiger partial charge < -0.3 is 18.9 Å². The molecule has 0 saturated heterocycles. The molecule has 0 bridgehead atoms. The van der Waals surface area contributed by atoms with Gasteiger partial charge in [-0.25, -0.2) is 9.97 Å². The van der Waals surface area contributed by atoms with Crippen LogP contribution in [0.2, 0.25) is 5.28 Å². The van der Waals surface area contributed by atoms with Crippen molar-refractivity contribution in [2.45, 2.75) is 26.8 Å². The number of anilines is 1. The van der Waals surface area contributed by atoms with E-state index in [0.29, 0.717) is 13.2 Å². The number of halogens is 1. The van der Waals surface area contributed by atoms with Gasteiger partial charge in [0.05, 0.1) is 13.2 Å². The zero-order valence-corrected chi connectivity index (χ0v) is 17.6. The van der Waals surface area contributed by atoms with Gasteiger partial charge in [0.1, 0.15) is 18.1 Å². The molecule has 29 heavy (non-hydrogen) atoms. The van der Waals surface area contributed by atoms with E-state index < -0.39 is 0 Å². The summed E-state index contributed by atoms with van der Waals surface area (Å²) in [6, 6.07) is 7.83. The second-order valence-electron chi connectivity index (χ2n) is 6.74. The fraction of sp³-hybridized carbons (Fsp3) is 0.381. The van der Waals surface area contributed by atoms with E-state index >= 15 is 0 Å². The van der Waals surface area contributed by atoms with Gasteiger partial charge in [-0.2, -0.15) is 0 Å². The van der Waals surface area contributed by atoms with Gasteiger partial charge in [-0.1, -0.05) is 0 Å². The van der Waals surface area contributed by atoms with Crippen LogP contribution in [0.3, 0.4) is 0 Å². The first kappa shape index (κ1) is 20.9. The largest absolute Gasteiger partial charge is 0.494 e. The lowest BCUT2D eigenvalue weighted by Gasteiger charge is -2.20. The van der Waals surface area contributed by atoms with Crippen LogP contribution >= 0.6 is 11.6 Å². The van der Waals surface area contributed by atoms with Crippen LogP contribution in [-0.2, 0) is 16.1 Å². The van der Waals surface area contributed by atoms with Crippen molar-refractivity contribution in [3.8, 4) is 5.75 Å². The summed E-state index contributed by atoms with van der Waals surface area (Å²) in [5.41, 5.74) is 1.96. The lowest BCUT2D eigenvalue weighted by molar-refractivity contribution is -0.143. The van der Waals surface area contributed by atoms with Gasteiger partial charge in [0.2, 0.25) is 5.28 Å². The van der Waals surface area contributed by atoms with Crippen molar-refractivity contribution in [2.24, 2.45) is 0 Å². The summed E-state index contributed by atoms with van der Waals surface area (Å²) < 4.78 is 12.8. The Morgan fingerprint density at radius 3 is 2.93 bits per heavy atom. The summed E-state index contributed by atoms with van der Waals surface area (Å²) in [6.45, 7) is 5.72. The van der Waals surface area contributed by atoms with E-state index in [4.69, 9.17) is 21.1 Å². The third-order valence-corrected chi connectivity index (χ3v) is 4.71. The van der Waals surface area contributed by atoms with E-state index in [9.17, 15) is 4.79 Å². The van der Waals surface area contributed by atoms with E-state index in [2.05, 4.69) is 9.97 Å². The number of carbonyl (C=O) groups is 1. The van der Waals surface area contributed by atoms with Crippen LogP contribution in [0.1, 0.15) is 18.9 Å². The fourth-order valence-corrected chi connectivity index (χ4v) is 3.28. The van der Waals surface area contributed by atoms with Gasteiger partial charge in [-0.05, 0) is 56.1 Å². The number of nitrogens with zero attached hydrogens (tertiary/aromatic N) is 4. The van der Waals surface area contributed by atoms with Gasteiger partial charge in [0.15, 0.2) is 0 Å². The molecule has 0 aliphatic carbocycles. The molecular formula is C21H25ClN4O3. The second kappa shape index (κ2) is 9.60. The van der Waals surface area contributed by atoms with Crippen molar-refractivity contribution in [2.75, 3.05) is 31.7 Å². The van der Waals surface area contributed by atoms with Crippen molar-refractivity contribution in [1.82, 2.24) is 14.5 Å². The average Bonchev–Trinajstić information content (AvgIpc) is 3.09. The summed E-state index contributed by atoms with van der Waals surface area (Å²) in [4.78, 5) is 22.0. The van der Waals surface area contributed by atoms with Crippen LogP contribution in [-0.4, -0.2) is 47.3 Å². The minimum Gasteiger partial charge on any atom is -0.494 e. The van der Waals surface area contributed by atoms with E-state index in [0.717, 1.165) is 41.0 Å². The Kier molecular flexibility index (Phi) is 6.93. The number of rotatable bonds is 9. The number of aromatic nitrogens is 3. The summed E-state index contributed by atoms with van der Waals surface area (Å²) in [7, 11) is 1.98. The molecule has 8 heteroatoms. The van der Waals surface area contributed by atoms with Crippen molar-refractivity contribution >= 4 is 34.3 Å². The standard InChI is InChI=1S/C21H25ClN4O3/c1-4-28-19(27)14-26-10-8-16-12-17(6-7-18(16)26)29-11-5-9-25(3)20-15(2)13-23-21(22)24-20/h6-8,10,12-13H,4-5,9,11,14H2,1-3H3. The fourth-order valence-electron chi connectivity index (χ4n) is 3.15. The number of esters is 1. The maximum atomic E-state index is 11.7. The molecule has 0 aliphatic rings. The SMILES string of the molecule is CCOC(=O)Cn1ccc2cc(OCCCN(C)c3nc(Cl)ncc3C)ccc21. The van der Waals surface area contributed by atoms with Crippen molar-refractivity contribution in [3.05, 3.63) is 47.5 Å². The van der Waals surface area contributed by atoms with Crippen LogP contribution in [0.15, 0.2) is 36.7 Å². The van der Waals surface area contributed by atoms with Crippen LogP contribution in [0.25, 0.3) is 10.9 Å². The Morgan fingerprint density at radius 2 is 2.14 bits per heavy atom. The maximum absolute atomic E-state index is 11.7. The average molecular weight is 417 g/mol. The molecule has 0 fully saturated rings. The molecule has 2 aromatic heterocycles. The third kappa shape index (κ3) is 5.38. The van der Waals surface area contributed by atoms with Gasteiger partial charge in [0.25, 0.3) is 0 Å². The molecule has 3 rings (SSSR count). The summed E-state index contributed by atoms with van der Waals surface area (Å²) in [5.74, 6) is 1.39. The van der Waals surface area contributed by atoms with Gasteiger partial charge in [0, 0.05) is 42.5 Å². The van der Waals surface area contributed by atoms with E-state index in [-0.39, 0.29) is 17.8 Å². The highest BCUT2D eigenvalue weighted by Gasteiger charge is 2.09. The molecule has 0 radical (unpaired) electrons. The second-order valence-corrected chi connectivity index (χ2v) is 7.08. The molecule has 154 valence electrons. The first-order chi connectivity index (χ1) is 14.0. The summed E-state index contributed by atoms with van der Waals surface area (Å²) in [6.07, 6.45) is 4.44. The highest BCUT2D eigenvalue weighted by atomic mass is 35.5. The predicted octanol–water partition coefficient (Wildman–Crippen LogP) is 3.86. The van der Waals surface area contributed by atoms with Gasteiger partial charge in [-0.15, -0.1) is 0 Å². The Labute approximate surface area is 175 Å². The van der Waals surface area contributed by atoms with Crippen LogP contribution in [0.5, 0.6) is 5.75 Å². The summed E-state index contributed by atoms with van der Waals surface area (Å²) >= 11 is 5.89. The Bertz CT molecular complexity index is 989. The Balaban J connectivity index is 1.53. The zero-order chi connectivity index (χ0) is 20.8. The van der Waals surface area contributed by atoms with Gasteiger partial charge in [-0.3, -0.25) is 4.79 Å². The lowest BCUT2D eigenvalue weighted by Crippen LogP contribution is -2.22. The van der Waals surface area contributed by atoms with E-state index in [1.54, 1.807) is 13.1 Å². The molecule has 0 unspecified atom stereocenters. The zero-order valence-electron chi connectivity index (χ0n) is 16.9. The molecule has 7 nitrogen and oxygen atoms in total. The normalized spacial score (nSPS) is 10.9. The first-order valence-electron chi connectivity index (χ1n) is 9.55. The van der Waals surface area contributed by atoms with Crippen LogP contribution < -0.4 is 9.64 Å². The smallest absolute Gasteiger partial charge is 0.325 e. The monoisotopic (exact) mass is 416 g/mol. The number of benzene rings is 1. The maximum Gasteiger partial charge on any atom is 0.325 e. The third-order valence-electron chi connectivity index (χ3n) is 4.53. The molecule has 0 saturated carbocycles. The molecule has 0 aliphatic heterocycles. The molecule has 1 aromatic carbocycles. The summed E-state index contributed by atoms with van der Waals surface area (Å²) in [5, 5.41) is 1.27. The molecule has 0 amide bonds. The molecule has 0 spiro atoms. The number of hydrogen-bond donors (Lipinski definition) is 0. The van der Waals surface area contributed by atoms with Crippen LogP contribution in [0, 0.1) is 6.92 Å². The van der Waals surface area contributed by atoms with Gasteiger partial charge >= 0.3 is 5.97 Å². The topological polar surface area (TPSA) is 69.5 Å². The molecule has 0 atom stereocenters. The number of fused-ring (bicyclic) bond motifs is 1. The van der Waals surface area contributed by atoms with E-state index in [1.807, 2.05) is 53.9 Å². The highest BCUT2D eigenvalue weighted by Crippen LogP contribution is 2.22. The molecule has 2 heterocycles. The molecule has 3 aromatic rings. The molecular weight excluding hydrogens is 392 g/mol. The first-order valence-corrected chi connectivity index (χ1v) is 9.93. The highest BCUT2D eigenvalue weighted by molar-refractivity contribution is 6.28. The Morgan fingerprint density at radius 1 is 1.31 bits per heavy atom. The minimum atomic E-state index is -0.241. The van der Waals surface area contributed by atoms with Crippen molar-refractivity contribution in [1.29, 1.82) is 0 Å². The predicted molar refractivity (Wildman–Crippen MR) is 114 cm³/mol. The number of ether oxygens (including phenoxy) is 2. The number of aryl methyl sites for hydroxylation is 1. The number of hydrogen-bond acceptors (Lipinski definition) is 6. The van der Waals surface area contributed by atoms with Crippen LogP contribution in [0.4, 0.5) is 5.82 Å². The Hall–Kier alpha value is -2.80.